The van der Waals surface area contributed by atoms with E-state index in [2.05, 4.69) is 26.1 Å². The Bertz CT molecular complexity index is 471. The number of amides is 1. The maximum atomic E-state index is 11.7. The van der Waals surface area contributed by atoms with E-state index in [0.717, 1.165) is 24.9 Å². The molecule has 0 aliphatic heterocycles. The van der Waals surface area contributed by atoms with E-state index in [9.17, 15) is 9.59 Å². The van der Waals surface area contributed by atoms with Crippen molar-refractivity contribution >= 4 is 11.9 Å². The van der Waals surface area contributed by atoms with Gasteiger partial charge in [-0.3, -0.25) is 9.59 Å². The van der Waals surface area contributed by atoms with E-state index in [0.29, 0.717) is 31.3 Å². The number of ether oxygens (including phenoxy) is 1. The van der Waals surface area contributed by atoms with Crippen molar-refractivity contribution in [3.63, 3.8) is 0 Å². The Morgan fingerprint density at radius 3 is 2.35 bits per heavy atom. The Balaban J connectivity index is 2.11. The standard InChI is InChI=1S/C19H29NO3/c1-15(2)13-20-18(21)11-9-16(3)10-12-19(22)23-14-17-7-5-4-6-8-17/h4-8,15-16H,9-14H2,1-3H3,(H,20,21). The SMILES string of the molecule is CC(C)CNC(=O)CCC(C)CCC(=O)OCc1ccccc1. The summed E-state index contributed by atoms with van der Waals surface area (Å²) >= 11 is 0. The van der Waals surface area contributed by atoms with E-state index < -0.39 is 0 Å². The van der Waals surface area contributed by atoms with Crippen molar-refractivity contribution in [1.29, 1.82) is 0 Å². The van der Waals surface area contributed by atoms with Gasteiger partial charge in [-0.2, -0.15) is 0 Å². The van der Waals surface area contributed by atoms with Gasteiger partial charge in [0.05, 0.1) is 0 Å². The molecular weight excluding hydrogens is 290 g/mol. The molecule has 1 N–H and O–H groups in total. The van der Waals surface area contributed by atoms with E-state index in [1.807, 2.05) is 30.3 Å². The topological polar surface area (TPSA) is 55.4 Å². The minimum absolute atomic E-state index is 0.0946. The lowest BCUT2D eigenvalue weighted by atomic mass is 9.99. The van der Waals surface area contributed by atoms with Gasteiger partial charge in [0.1, 0.15) is 6.61 Å². The average molecular weight is 319 g/mol. The lowest BCUT2D eigenvalue weighted by Gasteiger charge is -2.12. The molecule has 0 bridgehead atoms. The highest BCUT2D eigenvalue weighted by molar-refractivity contribution is 5.75. The molecule has 0 aliphatic carbocycles. The van der Waals surface area contributed by atoms with Crippen LogP contribution in [0.15, 0.2) is 30.3 Å². The molecule has 1 rings (SSSR count). The van der Waals surface area contributed by atoms with Crippen molar-refractivity contribution in [2.75, 3.05) is 6.54 Å². The van der Waals surface area contributed by atoms with Crippen molar-refractivity contribution in [3.8, 4) is 0 Å². The molecule has 0 heterocycles. The fourth-order valence-corrected chi connectivity index (χ4v) is 2.10. The summed E-state index contributed by atoms with van der Waals surface area (Å²) in [5.74, 6) is 0.724. The van der Waals surface area contributed by atoms with Gasteiger partial charge in [-0.1, -0.05) is 51.1 Å². The van der Waals surface area contributed by atoms with Crippen LogP contribution in [0.2, 0.25) is 0 Å². The summed E-state index contributed by atoms with van der Waals surface area (Å²) in [7, 11) is 0. The van der Waals surface area contributed by atoms with Gasteiger partial charge < -0.3 is 10.1 Å². The number of hydrogen-bond donors (Lipinski definition) is 1. The van der Waals surface area contributed by atoms with Crippen LogP contribution in [-0.2, 0) is 20.9 Å². The Labute approximate surface area is 139 Å². The summed E-state index contributed by atoms with van der Waals surface area (Å²) in [4.78, 5) is 23.4. The highest BCUT2D eigenvalue weighted by Gasteiger charge is 2.10. The molecule has 1 aromatic rings. The molecule has 1 aromatic carbocycles. The third-order valence-electron chi connectivity index (χ3n) is 3.66. The van der Waals surface area contributed by atoms with Crippen LogP contribution in [-0.4, -0.2) is 18.4 Å². The Kier molecular flexibility index (Phi) is 9.03. The molecule has 4 heteroatoms. The van der Waals surface area contributed by atoms with E-state index in [4.69, 9.17) is 4.74 Å². The van der Waals surface area contributed by atoms with E-state index in [-0.39, 0.29) is 11.9 Å². The quantitative estimate of drug-likeness (QED) is 0.669. The molecule has 1 amide bonds. The minimum Gasteiger partial charge on any atom is -0.461 e. The van der Waals surface area contributed by atoms with Crippen molar-refractivity contribution < 1.29 is 14.3 Å². The van der Waals surface area contributed by atoms with Gasteiger partial charge in [0.15, 0.2) is 0 Å². The van der Waals surface area contributed by atoms with Gasteiger partial charge in [-0.25, -0.2) is 0 Å². The molecule has 0 fully saturated rings. The predicted molar refractivity (Wildman–Crippen MR) is 91.7 cm³/mol. The number of carbonyl (C=O) groups excluding carboxylic acids is 2. The second-order valence-electron chi connectivity index (χ2n) is 6.53. The van der Waals surface area contributed by atoms with Crippen LogP contribution in [0.25, 0.3) is 0 Å². The smallest absolute Gasteiger partial charge is 0.306 e. The summed E-state index contributed by atoms with van der Waals surface area (Å²) in [5.41, 5.74) is 0.996. The monoisotopic (exact) mass is 319 g/mol. The number of hydrogen-bond acceptors (Lipinski definition) is 3. The van der Waals surface area contributed by atoms with E-state index >= 15 is 0 Å². The largest absolute Gasteiger partial charge is 0.461 e. The zero-order chi connectivity index (χ0) is 17.1. The maximum Gasteiger partial charge on any atom is 0.306 e. The van der Waals surface area contributed by atoms with Crippen molar-refractivity contribution in [2.45, 2.75) is 53.1 Å². The van der Waals surface area contributed by atoms with Gasteiger partial charge >= 0.3 is 5.97 Å². The van der Waals surface area contributed by atoms with E-state index in [1.54, 1.807) is 0 Å². The van der Waals surface area contributed by atoms with E-state index in [1.165, 1.54) is 0 Å². The highest BCUT2D eigenvalue weighted by Crippen LogP contribution is 2.13. The maximum absolute atomic E-state index is 11.7. The number of benzene rings is 1. The molecule has 0 aromatic heterocycles. The van der Waals surface area contributed by atoms with Crippen molar-refractivity contribution in [1.82, 2.24) is 5.32 Å². The Morgan fingerprint density at radius 1 is 1.04 bits per heavy atom. The third-order valence-corrected chi connectivity index (χ3v) is 3.66. The summed E-state index contributed by atoms with van der Waals surface area (Å²) in [6.07, 6.45) is 2.48. The van der Waals surface area contributed by atoms with Crippen LogP contribution < -0.4 is 5.32 Å². The Morgan fingerprint density at radius 2 is 1.70 bits per heavy atom. The molecule has 23 heavy (non-hydrogen) atoms. The molecule has 0 saturated carbocycles. The average Bonchev–Trinajstić information content (AvgIpc) is 2.55. The fraction of sp³-hybridized carbons (Fsp3) is 0.579. The minimum atomic E-state index is -0.176. The summed E-state index contributed by atoms with van der Waals surface area (Å²) in [5, 5.41) is 2.91. The normalized spacial score (nSPS) is 12.0. The predicted octanol–water partition coefficient (Wildman–Crippen LogP) is 3.70. The first-order chi connectivity index (χ1) is 11.0. The number of carbonyl (C=O) groups is 2. The van der Waals surface area contributed by atoms with Crippen LogP contribution in [0.4, 0.5) is 0 Å². The number of rotatable bonds is 10. The lowest BCUT2D eigenvalue weighted by molar-refractivity contribution is -0.145. The molecule has 128 valence electrons. The molecule has 0 aliphatic rings. The summed E-state index contributed by atoms with van der Waals surface area (Å²) in [6.45, 7) is 7.26. The fourth-order valence-electron chi connectivity index (χ4n) is 2.10. The molecule has 1 unspecified atom stereocenters. The van der Waals surface area contributed by atoms with Gasteiger partial charge in [-0.05, 0) is 30.2 Å². The molecule has 4 nitrogen and oxygen atoms in total. The van der Waals surface area contributed by atoms with Crippen LogP contribution in [0.3, 0.4) is 0 Å². The third kappa shape index (κ3) is 9.72. The van der Waals surface area contributed by atoms with Gasteiger partial charge in [-0.15, -0.1) is 0 Å². The second-order valence-corrected chi connectivity index (χ2v) is 6.53. The summed E-state index contributed by atoms with van der Waals surface area (Å²) < 4.78 is 5.25. The molecular formula is C19H29NO3. The zero-order valence-electron chi connectivity index (χ0n) is 14.5. The summed E-state index contributed by atoms with van der Waals surface area (Å²) in [6, 6.07) is 9.66. The molecule has 0 saturated heterocycles. The van der Waals surface area contributed by atoms with Gasteiger partial charge in [0.25, 0.3) is 0 Å². The Hall–Kier alpha value is -1.84. The van der Waals surface area contributed by atoms with Crippen LogP contribution in [0, 0.1) is 11.8 Å². The molecule has 1 atom stereocenters. The first kappa shape index (κ1) is 19.2. The van der Waals surface area contributed by atoms with Gasteiger partial charge in [0, 0.05) is 19.4 Å². The number of nitrogens with one attached hydrogen (secondary N) is 1. The number of esters is 1. The highest BCUT2D eigenvalue weighted by atomic mass is 16.5. The van der Waals surface area contributed by atoms with Crippen LogP contribution >= 0.6 is 0 Å². The first-order valence-electron chi connectivity index (χ1n) is 8.43. The van der Waals surface area contributed by atoms with Crippen LogP contribution in [0.5, 0.6) is 0 Å². The first-order valence-corrected chi connectivity index (χ1v) is 8.43. The second kappa shape index (κ2) is 10.8. The van der Waals surface area contributed by atoms with Crippen molar-refractivity contribution in [3.05, 3.63) is 35.9 Å². The molecule has 0 radical (unpaired) electrons. The van der Waals surface area contributed by atoms with Crippen molar-refractivity contribution in [2.24, 2.45) is 11.8 Å². The molecule has 0 spiro atoms. The van der Waals surface area contributed by atoms with Crippen LogP contribution in [0.1, 0.15) is 52.0 Å². The lowest BCUT2D eigenvalue weighted by Crippen LogP contribution is -2.27. The zero-order valence-corrected chi connectivity index (χ0v) is 14.5. The van der Waals surface area contributed by atoms with Gasteiger partial charge in [0.2, 0.25) is 5.91 Å².